The van der Waals surface area contributed by atoms with Crippen molar-refractivity contribution < 1.29 is 13.2 Å². The number of hydrogen-bond acceptors (Lipinski definition) is 3. The van der Waals surface area contributed by atoms with E-state index in [0.717, 1.165) is 12.3 Å². The molecule has 15 heavy (non-hydrogen) atoms. The first-order valence-corrected chi connectivity index (χ1v) is 4.06. The molecule has 1 aromatic heterocycles. The maximum Gasteiger partial charge on any atom is 0.433 e. The highest BCUT2D eigenvalue weighted by molar-refractivity contribution is 5.30. The van der Waals surface area contributed by atoms with Crippen molar-refractivity contribution in [3.05, 3.63) is 18.0 Å². The van der Waals surface area contributed by atoms with Gasteiger partial charge in [-0.2, -0.15) is 13.2 Å². The van der Waals surface area contributed by atoms with Crippen LogP contribution in [-0.2, 0) is 6.18 Å². The van der Waals surface area contributed by atoms with Gasteiger partial charge in [-0.1, -0.05) is 5.92 Å². The summed E-state index contributed by atoms with van der Waals surface area (Å²) in [4.78, 5) is 6.91. The van der Waals surface area contributed by atoms with Gasteiger partial charge in [0.25, 0.3) is 0 Å². The predicted molar refractivity (Wildman–Crippen MR) is 49.0 cm³/mol. The van der Waals surface area contributed by atoms with Crippen LogP contribution in [0.4, 0.5) is 19.1 Å². The van der Waals surface area contributed by atoms with Crippen LogP contribution >= 0.6 is 0 Å². The van der Waals surface area contributed by atoms with Crippen molar-refractivity contribution in [3.63, 3.8) is 0 Å². The zero-order valence-electron chi connectivity index (χ0n) is 7.84. The highest BCUT2D eigenvalue weighted by atomic mass is 19.4. The number of alkyl halides is 3. The van der Waals surface area contributed by atoms with Gasteiger partial charge in [0.15, 0.2) is 0 Å². The van der Waals surface area contributed by atoms with Crippen molar-refractivity contribution >= 4 is 5.95 Å². The number of hydrogen-bond donors (Lipinski definition) is 1. The fraction of sp³-hybridized carbons (Fsp3) is 0.333. The molecule has 6 heteroatoms. The second kappa shape index (κ2) is 4.17. The molecular weight excluding hydrogens is 207 g/mol. The van der Waals surface area contributed by atoms with E-state index < -0.39 is 17.9 Å². The van der Waals surface area contributed by atoms with Gasteiger partial charge in [0.1, 0.15) is 5.69 Å². The van der Waals surface area contributed by atoms with Gasteiger partial charge < -0.3 is 5.32 Å². The fourth-order valence-electron chi connectivity index (χ4n) is 0.821. The quantitative estimate of drug-likeness (QED) is 0.766. The van der Waals surface area contributed by atoms with Gasteiger partial charge in [-0.15, -0.1) is 6.42 Å². The molecule has 1 heterocycles. The van der Waals surface area contributed by atoms with E-state index >= 15 is 0 Å². The van der Waals surface area contributed by atoms with E-state index in [1.807, 2.05) is 0 Å². The molecule has 0 aliphatic carbocycles. The summed E-state index contributed by atoms with van der Waals surface area (Å²) in [6, 6.07) is 0.375. The molecule has 1 aromatic rings. The van der Waals surface area contributed by atoms with Crippen LogP contribution in [-0.4, -0.2) is 16.0 Å². The van der Waals surface area contributed by atoms with Crippen LogP contribution in [0.1, 0.15) is 12.6 Å². The van der Waals surface area contributed by atoms with Gasteiger partial charge in [0.05, 0.1) is 6.04 Å². The van der Waals surface area contributed by atoms with Crippen molar-refractivity contribution in [2.75, 3.05) is 5.32 Å². The van der Waals surface area contributed by atoms with E-state index in [4.69, 9.17) is 6.42 Å². The molecule has 3 nitrogen and oxygen atoms in total. The first-order valence-electron chi connectivity index (χ1n) is 4.06. The summed E-state index contributed by atoms with van der Waals surface area (Å²) < 4.78 is 36.7. The summed E-state index contributed by atoms with van der Waals surface area (Å²) in [5.41, 5.74) is -0.996. The van der Waals surface area contributed by atoms with E-state index in [0.29, 0.717) is 0 Å². The number of anilines is 1. The minimum absolute atomic E-state index is 0.129. The maximum atomic E-state index is 12.2. The van der Waals surface area contributed by atoms with Crippen LogP contribution in [0, 0.1) is 12.3 Å². The van der Waals surface area contributed by atoms with Crippen LogP contribution in [0.25, 0.3) is 0 Å². The van der Waals surface area contributed by atoms with Crippen molar-refractivity contribution in [2.24, 2.45) is 0 Å². The summed E-state index contributed by atoms with van der Waals surface area (Å²) in [5, 5.41) is 2.55. The smallest absolute Gasteiger partial charge is 0.341 e. The summed E-state index contributed by atoms with van der Waals surface area (Å²) in [6.45, 7) is 1.61. The van der Waals surface area contributed by atoms with Gasteiger partial charge in [-0.05, 0) is 13.0 Å². The number of rotatable bonds is 2. The molecule has 1 atom stereocenters. The van der Waals surface area contributed by atoms with Crippen LogP contribution in [0.5, 0.6) is 0 Å². The highest BCUT2D eigenvalue weighted by Gasteiger charge is 2.32. The van der Waals surface area contributed by atoms with E-state index in [2.05, 4.69) is 21.2 Å². The van der Waals surface area contributed by atoms with Gasteiger partial charge in [0.2, 0.25) is 5.95 Å². The zero-order valence-corrected chi connectivity index (χ0v) is 7.84. The van der Waals surface area contributed by atoms with E-state index in [-0.39, 0.29) is 5.95 Å². The minimum Gasteiger partial charge on any atom is -0.341 e. The number of aromatic nitrogens is 2. The topological polar surface area (TPSA) is 37.8 Å². The summed E-state index contributed by atoms with van der Waals surface area (Å²) in [7, 11) is 0. The average molecular weight is 215 g/mol. The second-order valence-corrected chi connectivity index (χ2v) is 2.80. The Morgan fingerprint density at radius 2 is 2.20 bits per heavy atom. The second-order valence-electron chi connectivity index (χ2n) is 2.80. The molecule has 0 saturated carbocycles. The van der Waals surface area contributed by atoms with Crippen LogP contribution < -0.4 is 5.32 Å². The minimum atomic E-state index is -4.47. The molecule has 0 fully saturated rings. The van der Waals surface area contributed by atoms with Crippen LogP contribution in [0.15, 0.2) is 12.3 Å². The zero-order chi connectivity index (χ0) is 11.5. The molecule has 1 rings (SSSR count). The molecule has 0 bridgehead atoms. The van der Waals surface area contributed by atoms with E-state index in [1.165, 1.54) is 0 Å². The van der Waals surface area contributed by atoms with Crippen LogP contribution in [0.2, 0.25) is 0 Å². The van der Waals surface area contributed by atoms with Crippen molar-refractivity contribution in [1.29, 1.82) is 0 Å². The molecule has 1 N–H and O–H groups in total. The van der Waals surface area contributed by atoms with Gasteiger partial charge >= 0.3 is 6.18 Å². The Kier molecular flexibility index (Phi) is 3.14. The molecule has 0 saturated heterocycles. The Labute approximate surface area is 84.7 Å². The molecule has 0 aromatic carbocycles. The number of nitrogens with zero attached hydrogens (tertiary/aromatic N) is 2. The average Bonchev–Trinajstić information content (AvgIpc) is 2.17. The molecule has 0 aliphatic heterocycles. The number of terminal acetylenes is 1. The number of halogens is 3. The normalized spacial score (nSPS) is 13.0. The van der Waals surface area contributed by atoms with Gasteiger partial charge in [-0.25, -0.2) is 9.97 Å². The molecule has 1 unspecified atom stereocenters. The number of nitrogens with one attached hydrogen (secondary N) is 1. The largest absolute Gasteiger partial charge is 0.433 e. The third-order valence-corrected chi connectivity index (χ3v) is 1.54. The molecule has 0 spiro atoms. The third-order valence-electron chi connectivity index (χ3n) is 1.54. The van der Waals surface area contributed by atoms with E-state index in [1.54, 1.807) is 6.92 Å². The lowest BCUT2D eigenvalue weighted by Crippen LogP contribution is -2.17. The van der Waals surface area contributed by atoms with Crippen molar-refractivity contribution in [3.8, 4) is 12.3 Å². The standard InChI is InChI=1S/C9H8F3N3/c1-3-6(2)14-8-13-5-4-7(15-8)9(10,11)12/h1,4-6H,2H3,(H,13,14,15). The van der Waals surface area contributed by atoms with Crippen molar-refractivity contribution in [2.45, 2.75) is 19.1 Å². The van der Waals surface area contributed by atoms with Crippen LogP contribution in [0.3, 0.4) is 0 Å². The summed E-state index contributed by atoms with van der Waals surface area (Å²) in [6.07, 6.45) is 1.61. The van der Waals surface area contributed by atoms with Crippen molar-refractivity contribution in [1.82, 2.24) is 9.97 Å². The monoisotopic (exact) mass is 215 g/mol. The lowest BCUT2D eigenvalue weighted by Gasteiger charge is -2.09. The summed E-state index contributed by atoms with van der Waals surface area (Å²) in [5.74, 6) is 2.17. The molecule has 0 radical (unpaired) electrons. The Balaban J connectivity index is 2.90. The van der Waals surface area contributed by atoms with E-state index in [9.17, 15) is 13.2 Å². The molecular formula is C9H8F3N3. The highest BCUT2D eigenvalue weighted by Crippen LogP contribution is 2.27. The summed E-state index contributed by atoms with van der Waals surface area (Å²) >= 11 is 0. The Morgan fingerprint density at radius 1 is 1.53 bits per heavy atom. The van der Waals surface area contributed by atoms with Gasteiger partial charge in [0, 0.05) is 6.20 Å². The molecule has 80 valence electrons. The first kappa shape index (κ1) is 11.3. The molecule has 0 aliphatic rings. The maximum absolute atomic E-state index is 12.2. The third kappa shape index (κ3) is 3.13. The Morgan fingerprint density at radius 3 is 2.73 bits per heavy atom. The Bertz CT molecular complexity index is 381. The van der Waals surface area contributed by atoms with Gasteiger partial charge in [-0.3, -0.25) is 0 Å². The lowest BCUT2D eigenvalue weighted by atomic mass is 10.3. The lowest BCUT2D eigenvalue weighted by molar-refractivity contribution is -0.141. The first-order chi connectivity index (χ1) is 6.93. The fourth-order valence-corrected chi connectivity index (χ4v) is 0.821. The molecule has 0 amide bonds. The Hall–Kier alpha value is -1.77. The SMILES string of the molecule is C#CC(C)Nc1nccc(C(F)(F)F)n1. The predicted octanol–water partition coefficient (Wildman–Crippen LogP) is 1.93.